The van der Waals surface area contributed by atoms with E-state index in [4.69, 9.17) is 0 Å². The van der Waals surface area contributed by atoms with Gasteiger partial charge in [-0.25, -0.2) is 18.4 Å². The summed E-state index contributed by atoms with van der Waals surface area (Å²) in [6.45, 7) is 0. The molecule has 0 bridgehead atoms. The van der Waals surface area contributed by atoms with Crippen LogP contribution in [0.1, 0.15) is 0 Å². The first-order valence-electron chi connectivity index (χ1n) is 7.58. The van der Waals surface area contributed by atoms with Crippen molar-refractivity contribution in [2.75, 3.05) is 4.72 Å². The molecule has 124 valence electrons. The third-order valence-electron chi connectivity index (χ3n) is 3.80. The summed E-state index contributed by atoms with van der Waals surface area (Å²) >= 11 is 0. The number of benzene rings is 2. The van der Waals surface area contributed by atoms with Crippen LogP contribution in [0.2, 0.25) is 0 Å². The van der Waals surface area contributed by atoms with E-state index in [9.17, 15) is 8.42 Å². The molecule has 0 unspecified atom stereocenters. The second kappa shape index (κ2) is 6.03. The summed E-state index contributed by atoms with van der Waals surface area (Å²) in [6.07, 6.45) is 6.52. The molecule has 1 N–H and O–H groups in total. The van der Waals surface area contributed by atoms with Crippen molar-refractivity contribution in [1.82, 2.24) is 14.5 Å². The van der Waals surface area contributed by atoms with Crippen LogP contribution in [0.15, 0.2) is 84.4 Å². The molecular formula is C18H14N4O2S. The van der Waals surface area contributed by atoms with Gasteiger partial charge < -0.3 is 0 Å². The van der Waals surface area contributed by atoms with Crippen molar-refractivity contribution in [1.29, 1.82) is 0 Å². The number of hydrogen-bond acceptors (Lipinski definition) is 4. The highest BCUT2D eigenvalue weighted by molar-refractivity contribution is 7.92. The third-order valence-corrected chi connectivity index (χ3v) is 5.18. The highest BCUT2D eigenvalue weighted by atomic mass is 32.2. The van der Waals surface area contributed by atoms with Crippen LogP contribution in [0.4, 0.5) is 5.69 Å². The molecule has 0 saturated carbocycles. The Morgan fingerprint density at radius 3 is 2.52 bits per heavy atom. The Balaban J connectivity index is 1.61. The Hall–Kier alpha value is -3.19. The van der Waals surface area contributed by atoms with E-state index in [0.29, 0.717) is 11.5 Å². The summed E-state index contributed by atoms with van der Waals surface area (Å²) in [6, 6.07) is 16.1. The standard InChI is InChI=1S/C18H14N4O2S/c23-25(24,17-7-5-14-3-1-2-4-15(14)11-17)21-16-6-8-18(20-12-16)22-10-9-19-13-22/h1-13,21H. The van der Waals surface area contributed by atoms with E-state index in [-0.39, 0.29) is 4.90 Å². The predicted octanol–water partition coefficient (Wildman–Crippen LogP) is 3.22. The highest BCUT2D eigenvalue weighted by Crippen LogP contribution is 2.21. The van der Waals surface area contributed by atoms with Gasteiger partial charge in [-0.3, -0.25) is 9.29 Å². The summed E-state index contributed by atoms with van der Waals surface area (Å²) in [7, 11) is -3.68. The van der Waals surface area contributed by atoms with Gasteiger partial charge in [-0.05, 0) is 35.0 Å². The smallest absolute Gasteiger partial charge is 0.261 e. The maximum Gasteiger partial charge on any atom is 0.261 e. The molecule has 4 rings (SSSR count). The fraction of sp³-hybridized carbons (Fsp3) is 0. The van der Waals surface area contributed by atoms with Crippen LogP contribution in [-0.4, -0.2) is 23.0 Å². The Kier molecular flexibility index (Phi) is 3.70. The molecule has 2 aromatic heterocycles. The van der Waals surface area contributed by atoms with Gasteiger partial charge in [-0.15, -0.1) is 0 Å². The number of rotatable bonds is 4. The zero-order chi connectivity index (χ0) is 17.3. The normalized spacial score (nSPS) is 11.5. The SMILES string of the molecule is O=S(=O)(Nc1ccc(-n2ccnc2)nc1)c1ccc2ccccc2c1. The summed E-state index contributed by atoms with van der Waals surface area (Å²) in [4.78, 5) is 8.41. The zero-order valence-corrected chi connectivity index (χ0v) is 13.9. The number of fused-ring (bicyclic) bond motifs is 1. The van der Waals surface area contributed by atoms with E-state index in [1.165, 1.54) is 6.20 Å². The molecule has 6 nitrogen and oxygen atoms in total. The van der Waals surface area contributed by atoms with Crippen LogP contribution in [0.25, 0.3) is 16.6 Å². The molecular weight excluding hydrogens is 336 g/mol. The lowest BCUT2D eigenvalue weighted by Gasteiger charge is -2.09. The third kappa shape index (κ3) is 3.09. The molecule has 0 amide bonds. The van der Waals surface area contributed by atoms with Crippen molar-refractivity contribution >= 4 is 26.5 Å². The molecule has 0 atom stereocenters. The lowest BCUT2D eigenvalue weighted by molar-refractivity contribution is 0.601. The van der Waals surface area contributed by atoms with Crippen molar-refractivity contribution in [3.8, 4) is 5.82 Å². The van der Waals surface area contributed by atoms with Gasteiger partial charge in [0.1, 0.15) is 12.1 Å². The van der Waals surface area contributed by atoms with E-state index in [1.54, 1.807) is 53.6 Å². The zero-order valence-electron chi connectivity index (χ0n) is 13.1. The molecule has 0 aliphatic heterocycles. The first-order chi connectivity index (χ1) is 12.1. The van der Waals surface area contributed by atoms with E-state index in [2.05, 4.69) is 14.7 Å². The molecule has 0 aliphatic rings. The predicted molar refractivity (Wildman–Crippen MR) is 96.1 cm³/mol. The van der Waals surface area contributed by atoms with Crippen molar-refractivity contribution in [3.05, 3.63) is 79.5 Å². The number of anilines is 1. The Morgan fingerprint density at radius 2 is 1.80 bits per heavy atom. The van der Waals surface area contributed by atoms with Gasteiger partial charge >= 0.3 is 0 Å². The molecule has 2 aromatic carbocycles. The number of aromatic nitrogens is 3. The van der Waals surface area contributed by atoms with E-state index in [0.717, 1.165) is 10.8 Å². The second-order valence-electron chi connectivity index (χ2n) is 5.49. The fourth-order valence-electron chi connectivity index (χ4n) is 2.54. The van der Waals surface area contributed by atoms with Gasteiger partial charge in [0.2, 0.25) is 0 Å². The van der Waals surface area contributed by atoms with Crippen molar-refractivity contribution in [3.63, 3.8) is 0 Å². The van der Waals surface area contributed by atoms with Gasteiger partial charge in [0.25, 0.3) is 10.0 Å². The van der Waals surface area contributed by atoms with Gasteiger partial charge in [-0.1, -0.05) is 30.3 Å². The topological polar surface area (TPSA) is 76.9 Å². The maximum atomic E-state index is 12.6. The average Bonchev–Trinajstić information content (AvgIpc) is 3.16. The molecule has 0 radical (unpaired) electrons. The summed E-state index contributed by atoms with van der Waals surface area (Å²) in [5.41, 5.74) is 0.400. The minimum atomic E-state index is -3.68. The number of nitrogens with one attached hydrogen (secondary N) is 1. The van der Waals surface area contributed by atoms with Crippen molar-refractivity contribution < 1.29 is 8.42 Å². The molecule has 25 heavy (non-hydrogen) atoms. The number of imidazole rings is 1. The van der Waals surface area contributed by atoms with Crippen LogP contribution in [0.3, 0.4) is 0 Å². The van der Waals surface area contributed by atoms with Crippen molar-refractivity contribution in [2.24, 2.45) is 0 Å². The Bertz CT molecular complexity index is 1120. The molecule has 0 aliphatic carbocycles. The number of nitrogens with zero attached hydrogens (tertiary/aromatic N) is 3. The van der Waals surface area contributed by atoms with Crippen LogP contribution >= 0.6 is 0 Å². The average molecular weight is 350 g/mol. The molecule has 0 fully saturated rings. The summed E-state index contributed by atoms with van der Waals surface area (Å²) in [5.74, 6) is 0.658. The largest absolute Gasteiger partial charge is 0.291 e. The number of sulfonamides is 1. The van der Waals surface area contributed by atoms with Gasteiger partial charge in [-0.2, -0.15) is 0 Å². The molecule has 7 heteroatoms. The minimum Gasteiger partial charge on any atom is -0.291 e. The van der Waals surface area contributed by atoms with Crippen LogP contribution in [-0.2, 0) is 10.0 Å². The Labute approximate surface area is 144 Å². The molecule has 2 heterocycles. The lowest BCUT2D eigenvalue weighted by atomic mass is 10.1. The first-order valence-corrected chi connectivity index (χ1v) is 9.06. The molecule has 0 saturated heterocycles. The van der Waals surface area contributed by atoms with E-state index < -0.39 is 10.0 Å². The second-order valence-corrected chi connectivity index (χ2v) is 7.17. The van der Waals surface area contributed by atoms with Crippen LogP contribution < -0.4 is 4.72 Å². The maximum absolute atomic E-state index is 12.6. The van der Waals surface area contributed by atoms with Crippen LogP contribution in [0.5, 0.6) is 0 Å². The first kappa shape index (κ1) is 15.3. The minimum absolute atomic E-state index is 0.213. The monoisotopic (exact) mass is 350 g/mol. The van der Waals surface area contributed by atoms with Gasteiger partial charge in [0.15, 0.2) is 0 Å². The summed E-state index contributed by atoms with van der Waals surface area (Å²) in [5, 5.41) is 1.87. The fourth-order valence-corrected chi connectivity index (χ4v) is 3.62. The van der Waals surface area contributed by atoms with Gasteiger partial charge in [0.05, 0.1) is 16.8 Å². The summed E-state index contributed by atoms with van der Waals surface area (Å²) < 4.78 is 29.5. The lowest BCUT2D eigenvalue weighted by Crippen LogP contribution is -2.13. The number of pyridine rings is 1. The van der Waals surface area contributed by atoms with Crippen LogP contribution in [0, 0.1) is 0 Å². The molecule has 0 spiro atoms. The quantitative estimate of drug-likeness (QED) is 0.613. The van der Waals surface area contributed by atoms with Gasteiger partial charge in [0, 0.05) is 12.4 Å². The van der Waals surface area contributed by atoms with E-state index in [1.807, 2.05) is 24.3 Å². The van der Waals surface area contributed by atoms with E-state index >= 15 is 0 Å². The molecule has 4 aromatic rings. The number of hydrogen-bond donors (Lipinski definition) is 1. The highest BCUT2D eigenvalue weighted by Gasteiger charge is 2.15. The Morgan fingerprint density at radius 1 is 0.960 bits per heavy atom. The van der Waals surface area contributed by atoms with Crippen molar-refractivity contribution in [2.45, 2.75) is 4.90 Å².